The highest BCUT2D eigenvalue weighted by atomic mass is 19.4. The van der Waals surface area contributed by atoms with Gasteiger partial charge in [-0.3, -0.25) is 0 Å². The minimum absolute atomic E-state index is 0.0906. The van der Waals surface area contributed by atoms with Crippen LogP contribution in [0.5, 0.6) is 0 Å². The normalized spacial score (nSPS) is 12.0. The average molecular weight is 169 g/mol. The van der Waals surface area contributed by atoms with Crippen molar-refractivity contribution in [3.05, 3.63) is 6.42 Å². The third kappa shape index (κ3) is 9.75. The van der Waals surface area contributed by atoms with Crippen molar-refractivity contribution in [2.45, 2.75) is 25.9 Å². The number of rotatable bonds is 5. The Hall–Kier alpha value is -0.250. The largest absolute Gasteiger partial charge is 0.389 e. The van der Waals surface area contributed by atoms with Gasteiger partial charge in [0.1, 0.15) is 0 Å². The summed E-state index contributed by atoms with van der Waals surface area (Å²) in [5.74, 6) is 0. The van der Waals surface area contributed by atoms with E-state index in [1.807, 2.05) is 6.92 Å². The quantitative estimate of drug-likeness (QED) is 0.575. The smallest absolute Gasteiger partial charge is 0.381 e. The van der Waals surface area contributed by atoms with Crippen molar-refractivity contribution in [3.63, 3.8) is 0 Å². The lowest BCUT2D eigenvalue weighted by molar-refractivity contribution is -0.129. The molecule has 0 heterocycles. The molecule has 0 spiro atoms. The Kier molecular flexibility index (Phi) is 5.28. The summed E-state index contributed by atoms with van der Waals surface area (Å²) in [5.41, 5.74) is 0. The maximum Gasteiger partial charge on any atom is 0.389 e. The van der Waals surface area contributed by atoms with Gasteiger partial charge in [-0.05, 0) is 12.8 Å². The van der Waals surface area contributed by atoms with E-state index in [9.17, 15) is 13.2 Å². The van der Waals surface area contributed by atoms with E-state index in [1.54, 1.807) is 0 Å². The summed E-state index contributed by atoms with van der Waals surface area (Å²) in [4.78, 5) is 0. The minimum Gasteiger partial charge on any atom is -0.381 e. The van der Waals surface area contributed by atoms with Crippen molar-refractivity contribution in [1.82, 2.24) is 0 Å². The molecular weight excluding hydrogens is 157 g/mol. The van der Waals surface area contributed by atoms with E-state index in [2.05, 4.69) is 0 Å². The maximum atomic E-state index is 11.5. The van der Waals surface area contributed by atoms with Gasteiger partial charge in [0, 0.05) is 13.0 Å². The number of alkyl halides is 3. The first-order valence-corrected chi connectivity index (χ1v) is 3.52. The van der Waals surface area contributed by atoms with Gasteiger partial charge in [-0.2, -0.15) is 13.2 Å². The second-order valence-electron chi connectivity index (χ2n) is 2.18. The third-order valence-electron chi connectivity index (χ3n) is 0.960. The molecule has 0 fully saturated rings. The van der Waals surface area contributed by atoms with Crippen LogP contribution in [-0.2, 0) is 4.74 Å². The summed E-state index contributed by atoms with van der Waals surface area (Å²) in [6.45, 7) is 2.52. The molecule has 1 nitrogen and oxygen atoms in total. The number of ether oxygens (including phenoxy) is 1. The highest BCUT2D eigenvalue weighted by molar-refractivity contribution is 4.68. The predicted molar refractivity (Wildman–Crippen MR) is 36.1 cm³/mol. The molecule has 0 aromatic heterocycles. The first-order valence-electron chi connectivity index (χ1n) is 3.52. The van der Waals surface area contributed by atoms with Gasteiger partial charge in [-0.1, -0.05) is 6.92 Å². The standard InChI is InChI=1S/C7H12F3O/c1-2-5-11-6-3-4-7(8,9)10/h3H,2,4-6H2,1H3. The van der Waals surface area contributed by atoms with Crippen LogP contribution in [0.3, 0.4) is 0 Å². The van der Waals surface area contributed by atoms with Crippen molar-refractivity contribution < 1.29 is 17.9 Å². The minimum atomic E-state index is -4.09. The van der Waals surface area contributed by atoms with E-state index < -0.39 is 12.6 Å². The van der Waals surface area contributed by atoms with Crippen LogP contribution in [0.4, 0.5) is 13.2 Å². The van der Waals surface area contributed by atoms with Crippen LogP contribution in [0.2, 0.25) is 0 Å². The van der Waals surface area contributed by atoms with Crippen LogP contribution in [0.15, 0.2) is 0 Å². The Balaban J connectivity index is 3.02. The third-order valence-corrected chi connectivity index (χ3v) is 0.960. The van der Waals surface area contributed by atoms with Crippen molar-refractivity contribution >= 4 is 0 Å². The van der Waals surface area contributed by atoms with E-state index in [0.29, 0.717) is 6.61 Å². The van der Waals surface area contributed by atoms with E-state index in [1.165, 1.54) is 0 Å². The second-order valence-corrected chi connectivity index (χ2v) is 2.18. The summed E-state index contributed by atoms with van der Waals surface area (Å²) < 4.78 is 39.3. The summed E-state index contributed by atoms with van der Waals surface area (Å²) in [7, 11) is 0. The molecule has 1 radical (unpaired) electrons. The summed E-state index contributed by atoms with van der Waals surface area (Å²) >= 11 is 0. The van der Waals surface area contributed by atoms with Gasteiger partial charge in [0.05, 0.1) is 6.61 Å². The molecule has 11 heavy (non-hydrogen) atoms. The topological polar surface area (TPSA) is 9.23 Å². The fraction of sp³-hybridized carbons (Fsp3) is 0.857. The molecular formula is C7H12F3O. The molecule has 0 aliphatic heterocycles. The van der Waals surface area contributed by atoms with Crippen LogP contribution in [-0.4, -0.2) is 19.4 Å². The van der Waals surface area contributed by atoms with Crippen LogP contribution >= 0.6 is 0 Å². The molecule has 67 valence electrons. The summed E-state index contributed by atoms with van der Waals surface area (Å²) in [6, 6.07) is 0. The fourth-order valence-corrected chi connectivity index (χ4v) is 0.534. The van der Waals surface area contributed by atoms with E-state index >= 15 is 0 Å². The Morgan fingerprint density at radius 2 is 2.00 bits per heavy atom. The van der Waals surface area contributed by atoms with Crippen molar-refractivity contribution in [2.75, 3.05) is 13.2 Å². The Labute approximate surface area is 64.5 Å². The predicted octanol–water partition coefficient (Wildman–Crippen LogP) is 2.57. The number of hydrogen-bond donors (Lipinski definition) is 0. The van der Waals surface area contributed by atoms with Crippen LogP contribution in [0.1, 0.15) is 19.8 Å². The lowest BCUT2D eigenvalue weighted by atomic mass is 10.3. The Morgan fingerprint density at radius 1 is 1.36 bits per heavy atom. The molecule has 4 heteroatoms. The maximum absolute atomic E-state index is 11.5. The zero-order valence-electron chi connectivity index (χ0n) is 6.45. The first kappa shape index (κ1) is 10.8. The average Bonchev–Trinajstić information content (AvgIpc) is 1.85. The highest BCUT2D eigenvalue weighted by Gasteiger charge is 2.25. The number of halogens is 3. The highest BCUT2D eigenvalue weighted by Crippen LogP contribution is 2.20. The van der Waals surface area contributed by atoms with Gasteiger partial charge in [0.15, 0.2) is 0 Å². The Morgan fingerprint density at radius 3 is 2.45 bits per heavy atom. The molecule has 0 unspecified atom stereocenters. The number of hydrogen-bond acceptors (Lipinski definition) is 1. The first-order chi connectivity index (χ1) is 5.06. The van der Waals surface area contributed by atoms with Crippen molar-refractivity contribution in [1.29, 1.82) is 0 Å². The molecule has 0 atom stereocenters. The van der Waals surface area contributed by atoms with Gasteiger partial charge < -0.3 is 4.74 Å². The van der Waals surface area contributed by atoms with Crippen LogP contribution in [0, 0.1) is 6.42 Å². The lowest BCUT2D eigenvalue weighted by Gasteiger charge is -2.05. The zero-order valence-corrected chi connectivity index (χ0v) is 6.45. The molecule has 0 N–H and O–H groups in total. The molecule has 0 aromatic rings. The van der Waals surface area contributed by atoms with Crippen molar-refractivity contribution in [2.24, 2.45) is 0 Å². The second kappa shape index (κ2) is 5.41. The van der Waals surface area contributed by atoms with Gasteiger partial charge in [0.2, 0.25) is 0 Å². The molecule has 0 saturated heterocycles. The molecule has 0 aromatic carbocycles. The SMILES string of the molecule is CCCOC[CH]CC(F)(F)F. The van der Waals surface area contributed by atoms with Gasteiger partial charge in [-0.15, -0.1) is 0 Å². The van der Waals surface area contributed by atoms with E-state index in [4.69, 9.17) is 4.74 Å². The van der Waals surface area contributed by atoms with Gasteiger partial charge >= 0.3 is 6.18 Å². The summed E-state index contributed by atoms with van der Waals surface area (Å²) in [5, 5.41) is 0. The fourth-order valence-electron chi connectivity index (χ4n) is 0.534. The van der Waals surface area contributed by atoms with Crippen LogP contribution < -0.4 is 0 Å². The zero-order chi connectivity index (χ0) is 8.74. The van der Waals surface area contributed by atoms with Crippen molar-refractivity contribution in [3.8, 4) is 0 Å². The van der Waals surface area contributed by atoms with Gasteiger partial charge in [-0.25, -0.2) is 0 Å². The molecule has 0 aliphatic rings. The van der Waals surface area contributed by atoms with E-state index in [-0.39, 0.29) is 6.61 Å². The molecule has 0 bridgehead atoms. The van der Waals surface area contributed by atoms with Gasteiger partial charge in [0.25, 0.3) is 0 Å². The molecule has 0 rings (SSSR count). The molecule has 0 aliphatic carbocycles. The monoisotopic (exact) mass is 169 g/mol. The molecule has 0 saturated carbocycles. The van der Waals surface area contributed by atoms with Crippen LogP contribution in [0.25, 0.3) is 0 Å². The Bertz CT molecular complexity index is 90.2. The van der Waals surface area contributed by atoms with E-state index in [0.717, 1.165) is 12.8 Å². The summed E-state index contributed by atoms with van der Waals surface area (Å²) in [6.07, 6.45) is -3.03. The molecule has 0 amide bonds. The lowest BCUT2D eigenvalue weighted by Crippen LogP contribution is -2.09.